The van der Waals surface area contributed by atoms with Gasteiger partial charge in [-0.05, 0) is 176 Å². The van der Waals surface area contributed by atoms with Crippen molar-refractivity contribution in [3.8, 4) is 72.7 Å². The van der Waals surface area contributed by atoms with Gasteiger partial charge in [-0.15, -0.1) is 0 Å². The maximum absolute atomic E-state index is 2.58. The first-order valence-corrected chi connectivity index (χ1v) is 33.8. The van der Waals surface area contributed by atoms with Crippen molar-refractivity contribution in [3.63, 3.8) is 0 Å². The van der Waals surface area contributed by atoms with Gasteiger partial charge in [-0.1, -0.05) is 249 Å². The van der Waals surface area contributed by atoms with Crippen LogP contribution in [0.5, 0.6) is 0 Å². The Kier molecular flexibility index (Phi) is 12.2. The minimum absolute atomic E-state index is 0.180. The van der Waals surface area contributed by atoms with Gasteiger partial charge in [0.1, 0.15) is 0 Å². The van der Waals surface area contributed by atoms with E-state index in [0.29, 0.717) is 0 Å². The largest absolute Gasteiger partial charge is 0.330 e. The van der Waals surface area contributed by atoms with Crippen molar-refractivity contribution in [2.75, 3.05) is 4.90 Å². The lowest BCUT2D eigenvalue weighted by molar-refractivity contribution is 0.542. The van der Waals surface area contributed by atoms with E-state index in [4.69, 9.17) is 0 Å². The van der Waals surface area contributed by atoms with Crippen molar-refractivity contribution in [2.45, 2.75) is 18.4 Å². The van der Waals surface area contributed by atoms with Crippen molar-refractivity contribution < 1.29 is 0 Å². The van der Waals surface area contributed by atoms with E-state index in [0.717, 1.165) is 16.9 Å². The zero-order chi connectivity index (χ0) is 63.9. The lowest BCUT2D eigenvalue weighted by Crippen LogP contribution is -2.42. The van der Waals surface area contributed by atoms with Gasteiger partial charge in [0.2, 0.25) is 0 Å². The third-order valence-corrected chi connectivity index (χ3v) is 21.2. The van der Waals surface area contributed by atoms with Crippen LogP contribution in [0.2, 0.25) is 0 Å². The molecule has 0 bridgehead atoms. The first-order chi connectivity index (χ1) is 48.0. The van der Waals surface area contributed by atoms with Crippen molar-refractivity contribution in [1.82, 2.24) is 13.7 Å². The van der Waals surface area contributed by atoms with Crippen LogP contribution in [0.3, 0.4) is 0 Å². The second-order valence-electron chi connectivity index (χ2n) is 26.5. The van der Waals surface area contributed by atoms with Crippen LogP contribution in [0.4, 0.5) is 11.4 Å². The third kappa shape index (κ3) is 8.43. The number of allylic oxidation sites excluding steroid dienone is 2. The molecule has 1 aliphatic carbocycles. The molecular weight excluding hydrogens is 1170 g/mol. The quantitative estimate of drug-likeness (QED) is 0.141. The average Bonchev–Trinajstić information content (AvgIpc) is 1.58. The number of hydrogen-bond donors (Lipinski definition) is 0. The van der Waals surface area contributed by atoms with Crippen LogP contribution in [0.15, 0.2) is 352 Å². The molecule has 0 amide bonds. The van der Waals surface area contributed by atoms with Crippen molar-refractivity contribution in [1.29, 1.82) is 0 Å². The van der Waals surface area contributed by atoms with Crippen molar-refractivity contribution in [2.24, 2.45) is 0 Å². The number of hydrogen-bond acceptors (Lipinski definition) is 1. The van der Waals surface area contributed by atoms with E-state index in [-0.39, 0.29) is 11.5 Å². The molecule has 0 fully saturated rings. The second kappa shape index (κ2) is 21.5. The van der Waals surface area contributed by atoms with Gasteiger partial charge in [-0.25, -0.2) is 0 Å². The molecule has 0 saturated heterocycles. The van der Waals surface area contributed by atoms with E-state index in [9.17, 15) is 0 Å². The standard InChI is InChI=1S/C93H62N4/c1-93-53-16-15-38-82(93)81-59-67(48-52-92(81)97(93)91-42-14-7-31-72(91)60-22-3-2-4-23-60)66-47-51-90-80(58-66)77-34-10-13-41-86(77)96(90)87-44-21-36-73-70(35-20-37-74(73)87)68-28-17-26-62(54-68)63-27-18-29-69(55-63)94-84-39-11-8-32-75(84)78-56-64(45-49-88(78)94)65-46-50-89-79(57-65)76-33-9-12-40-85(76)95(89)83-43-19-25-61-24-5-6-30-71(61)83/h2-59,82H,1H3. The summed E-state index contributed by atoms with van der Waals surface area (Å²) in [5.74, 6) is 0.180. The van der Waals surface area contributed by atoms with Crippen molar-refractivity contribution in [3.05, 3.63) is 357 Å². The summed E-state index contributed by atoms with van der Waals surface area (Å²) in [6.07, 6.45) is 9.23. The summed E-state index contributed by atoms with van der Waals surface area (Å²) < 4.78 is 7.37. The Morgan fingerprint density at radius 3 is 1.40 bits per heavy atom. The van der Waals surface area contributed by atoms with Gasteiger partial charge in [0, 0.05) is 71.6 Å². The predicted molar refractivity (Wildman–Crippen MR) is 410 cm³/mol. The van der Waals surface area contributed by atoms with Gasteiger partial charge in [-0.2, -0.15) is 0 Å². The molecule has 97 heavy (non-hydrogen) atoms. The molecule has 2 aliphatic rings. The highest BCUT2D eigenvalue weighted by Gasteiger charge is 2.47. The summed E-state index contributed by atoms with van der Waals surface area (Å²) in [6, 6.07) is 122. The Balaban J connectivity index is 0.639. The Hall–Kier alpha value is -12.5. The number of para-hydroxylation sites is 4. The molecule has 0 radical (unpaired) electrons. The molecule has 4 nitrogen and oxygen atoms in total. The molecule has 0 saturated carbocycles. The van der Waals surface area contributed by atoms with Gasteiger partial charge in [0.25, 0.3) is 0 Å². The number of aromatic nitrogens is 3. The molecule has 18 aromatic rings. The molecule has 15 aromatic carbocycles. The van der Waals surface area contributed by atoms with Crippen LogP contribution in [0.1, 0.15) is 18.4 Å². The molecule has 20 rings (SSSR count). The second-order valence-corrected chi connectivity index (χ2v) is 26.5. The van der Waals surface area contributed by atoms with E-state index >= 15 is 0 Å². The van der Waals surface area contributed by atoms with Crippen molar-refractivity contribution >= 4 is 98.3 Å². The molecule has 454 valence electrons. The highest BCUT2D eigenvalue weighted by atomic mass is 15.2. The Morgan fingerprint density at radius 1 is 0.258 bits per heavy atom. The molecule has 0 spiro atoms. The first kappa shape index (κ1) is 55.0. The van der Waals surface area contributed by atoms with Crippen LogP contribution in [-0.4, -0.2) is 19.2 Å². The minimum atomic E-state index is -0.279. The highest BCUT2D eigenvalue weighted by Crippen LogP contribution is 2.56. The van der Waals surface area contributed by atoms with E-state index < -0.39 is 0 Å². The van der Waals surface area contributed by atoms with Crippen LogP contribution in [-0.2, 0) is 0 Å². The average molecular weight is 1240 g/mol. The zero-order valence-electron chi connectivity index (χ0n) is 53.4. The van der Waals surface area contributed by atoms with Gasteiger partial charge < -0.3 is 18.6 Å². The SMILES string of the molecule is CC12C=CC=CC1c1cc(-c3ccc4c(c3)c3ccccc3n4-c3cccc4c(-c5cccc(-c6cccc(-n7c8ccccc8c8cc(-c9ccc%10c(c9)c9ccccc9n%10-c9cccc%10ccccc9%10)ccc87)c6)c5)cccc34)ccc1N2c1ccccc1-c1ccccc1. The van der Waals surface area contributed by atoms with Crippen LogP contribution < -0.4 is 4.90 Å². The van der Waals surface area contributed by atoms with E-state index in [1.54, 1.807) is 0 Å². The van der Waals surface area contributed by atoms with E-state index in [2.05, 4.69) is 377 Å². The van der Waals surface area contributed by atoms with E-state index in [1.807, 2.05) is 0 Å². The summed E-state index contributed by atoms with van der Waals surface area (Å²) in [4.78, 5) is 2.58. The molecule has 0 N–H and O–H groups in total. The Morgan fingerprint density at radius 2 is 0.701 bits per heavy atom. The van der Waals surface area contributed by atoms with Crippen LogP contribution >= 0.6 is 0 Å². The fourth-order valence-corrected chi connectivity index (χ4v) is 16.8. The van der Waals surface area contributed by atoms with Gasteiger partial charge in [-0.3, -0.25) is 0 Å². The first-order valence-electron chi connectivity index (χ1n) is 33.8. The topological polar surface area (TPSA) is 18.0 Å². The summed E-state index contributed by atoms with van der Waals surface area (Å²) in [5, 5.41) is 12.3. The Labute approximate surface area is 562 Å². The summed E-state index contributed by atoms with van der Waals surface area (Å²) >= 11 is 0. The molecular formula is C93H62N4. The predicted octanol–water partition coefficient (Wildman–Crippen LogP) is 24.7. The maximum Gasteiger partial charge on any atom is 0.0712 e. The van der Waals surface area contributed by atoms with Gasteiger partial charge in [0.05, 0.1) is 50.0 Å². The maximum atomic E-state index is 2.58. The fraction of sp³-hybridized carbons (Fsp3) is 0.0323. The monoisotopic (exact) mass is 1230 g/mol. The lowest BCUT2D eigenvalue weighted by Gasteiger charge is -2.40. The summed E-state index contributed by atoms with van der Waals surface area (Å²) in [6.45, 7) is 2.39. The number of nitrogens with zero attached hydrogens (tertiary/aromatic N) is 4. The number of anilines is 2. The van der Waals surface area contributed by atoms with Gasteiger partial charge >= 0.3 is 0 Å². The summed E-state index contributed by atoms with van der Waals surface area (Å²) in [7, 11) is 0. The Bertz CT molecular complexity index is 6360. The van der Waals surface area contributed by atoms with E-state index in [1.165, 1.54) is 160 Å². The molecule has 4 heteroatoms. The zero-order valence-corrected chi connectivity index (χ0v) is 53.4. The van der Waals surface area contributed by atoms with Gasteiger partial charge in [0.15, 0.2) is 0 Å². The normalized spacial score (nSPS) is 15.1. The summed E-state index contributed by atoms with van der Waals surface area (Å²) in [5.41, 5.74) is 26.1. The number of rotatable bonds is 9. The molecule has 1 aliphatic heterocycles. The molecule has 2 unspecified atom stereocenters. The fourth-order valence-electron chi connectivity index (χ4n) is 16.8. The number of fused-ring (bicyclic) bond motifs is 14. The minimum Gasteiger partial charge on any atom is -0.330 e. The third-order valence-electron chi connectivity index (χ3n) is 21.2. The molecule has 2 atom stereocenters. The van der Waals surface area contributed by atoms with Crippen LogP contribution in [0, 0.1) is 0 Å². The smallest absolute Gasteiger partial charge is 0.0712 e. The lowest BCUT2D eigenvalue weighted by atomic mass is 9.80. The van der Waals surface area contributed by atoms with Crippen LogP contribution in [0.25, 0.3) is 160 Å². The molecule has 4 heterocycles. The highest BCUT2D eigenvalue weighted by molar-refractivity contribution is 6.15. The molecule has 3 aromatic heterocycles. The number of benzene rings is 15.